The van der Waals surface area contributed by atoms with Crippen LogP contribution in [0.3, 0.4) is 0 Å². The van der Waals surface area contributed by atoms with Crippen molar-refractivity contribution < 1.29 is 14.6 Å². The lowest BCUT2D eigenvalue weighted by Crippen LogP contribution is -2.25. The van der Waals surface area contributed by atoms with E-state index in [1.54, 1.807) is 48.5 Å². The Morgan fingerprint density at radius 3 is 2.83 bits per heavy atom. The van der Waals surface area contributed by atoms with Crippen LogP contribution in [0.1, 0.15) is 17.2 Å². The molecule has 0 radical (unpaired) electrons. The van der Waals surface area contributed by atoms with E-state index in [-0.39, 0.29) is 6.61 Å². The van der Waals surface area contributed by atoms with Gasteiger partial charge in [0.1, 0.15) is 12.4 Å². The first kappa shape index (κ1) is 17.7. The molecule has 2 rings (SSSR count). The maximum atomic E-state index is 11.9. The van der Waals surface area contributed by atoms with Gasteiger partial charge in [-0.25, -0.2) is 5.43 Å². The summed E-state index contributed by atoms with van der Waals surface area (Å²) < 4.78 is 6.23. The molecule has 0 aliphatic rings. The van der Waals surface area contributed by atoms with Crippen LogP contribution in [0, 0.1) is 12.3 Å². The predicted molar refractivity (Wildman–Crippen MR) is 95.6 cm³/mol. The van der Waals surface area contributed by atoms with Crippen molar-refractivity contribution in [3.63, 3.8) is 0 Å². The van der Waals surface area contributed by atoms with Crippen LogP contribution in [0.5, 0.6) is 5.75 Å². The number of aliphatic hydroxyl groups is 1. The highest BCUT2D eigenvalue weighted by molar-refractivity contribution is 9.10. The first-order chi connectivity index (χ1) is 11.6. The van der Waals surface area contributed by atoms with Crippen LogP contribution in [-0.2, 0) is 4.79 Å². The van der Waals surface area contributed by atoms with Gasteiger partial charge >= 0.3 is 0 Å². The van der Waals surface area contributed by atoms with E-state index in [0.717, 1.165) is 4.47 Å². The average Bonchev–Trinajstić information content (AvgIpc) is 2.61. The Balaban J connectivity index is 2.04. The van der Waals surface area contributed by atoms with Crippen molar-refractivity contribution in [3.05, 3.63) is 64.1 Å². The molecule has 1 atom stereocenters. The minimum Gasteiger partial charge on any atom is -0.480 e. The molecule has 0 bridgehead atoms. The van der Waals surface area contributed by atoms with Gasteiger partial charge in [-0.15, -0.1) is 6.42 Å². The summed E-state index contributed by atoms with van der Waals surface area (Å²) in [5.41, 5.74) is 3.43. The minimum absolute atomic E-state index is 0.127. The average molecular weight is 387 g/mol. The molecule has 0 unspecified atom stereocenters. The monoisotopic (exact) mass is 386 g/mol. The van der Waals surface area contributed by atoms with Gasteiger partial charge in [0.05, 0.1) is 6.21 Å². The van der Waals surface area contributed by atoms with Crippen molar-refractivity contribution in [2.75, 3.05) is 6.61 Å². The second-order valence-corrected chi connectivity index (χ2v) is 5.64. The van der Waals surface area contributed by atoms with Crippen LogP contribution in [-0.4, -0.2) is 23.8 Å². The number of rotatable bonds is 6. The summed E-state index contributed by atoms with van der Waals surface area (Å²) in [5.74, 6) is 2.30. The summed E-state index contributed by atoms with van der Waals surface area (Å²) >= 11 is 3.35. The molecular formula is C18H15BrN2O3. The van der Waals surface area contributed by atoms with E-state index in [1.165, 1.54) is 6.21 Å². The fourth-order valence-corrected chi connectivity index (χ4v) is 2.26. The first-order valence-corrected chi connectivity index (χ1v) is 7.83. The maximum Gasteiger partial charge on any atom is 0.273 e. The van der Waals surface area contributed by atoms with Crippen LogP contribution in [0.25, 0.3) is 0 Å². The molecule has 2 N–H and O–H groups in total. The Bertz CT molecular complexity index is 770. The molecule has 2 aromatic carbocycles. The minimum atomic E-state index is -1.29. The van der Waals surface area contributed by atoms with Crippen LogP contribution in [0.2, 0.25) is 0 Å². The number of ether oxygens (including phenoxy) is 1. The fraction of sp³-hybridized carbons (Fsp3) is 0.111. The number of halogens is 1. The number of amides is 1. The fourth-order valence-electron chi connectivity index (χ4n) is 1.88. The Morgan fingerprint density at radius 1 is 1.38 bits per heavy atom. The molecule has 2 aromatic rings. The topological polar surface area (TPSA) is 70.9 Å². The Hall–Kier alpha value is -2.62. The molecule has 0 saturated heterocycles. The Labute approximate surface area is 148 Å². The molecule has 0 aliphatic carbocycles. The molecule has 0 aromatic heterocycles. The van der Waals surface area contributed by atoms with Crippen LogP contribution in [0.4, 0.5) is 0 Å². The third-order valence-corrected chi connectivity index (χ3v) is 3.52. The van der Waals surface area contributed by atoms with Gasteiger partial charge in [0.25, 0.3) is 5.91 Å². The number of nitrogens with one attached hydrogen (secondary N) is 1. The van der Waals surface area contributed by atoms with Gasteiger partial charge in [-0.3, -0.25) is 4.79 Å². The zero-order chi connectivity index (χ0) is 17.4. The van der Waals surface area contributed by atoms with Gasteiger partial charge in [0.2, 0.25) is 0 Å². The highest BCUT2D eigenvalue weighted by atomic mass is 79.9. The molecule has 5 nitrogen and oxygen atoms in total. The normalized spacial score (nSPS) is 11.7. The number of carbonyl (C=O) groups is 1. The van der Waals surface area contributed by atoms with E-state index in [2.05, 4.69) is 32.4 Å². The molecule has 0 fully saturated rings. The van der Waals surface area contributed by atoms with Crippen molar-refractivity contribution in [2.24, 2.45) is 5.10 Å². The van der Waals surface area contributed by atoms with E-state index in [0.29, 0.717) is 16.9 Å². The number of hydrogen-bond donors (Lipinski definition) is 2. The van der Waals surface area contributed by atoms with Gasteiger partial charge < -0.3 is 9.84 Å². The molecule has 122 valence electrons. The number of carbonyl (C=O) groups excluding carboxylic acids is 1. The number of benzene rings is 2. The van der Waals surface area contributed by atoms with Crippen molar-refractivity contribution >= 4 is 28.1 Å². The summed E-state index contributed by atoms with van der Waals surface area (Å²) in [4.78, 5) is 11.9. The third-order valence-electron chi connectivity index (χ3n) is 3.02. The maximum absolute atomic E-state index is 11.9. The standard InChI is InChI=1S/C18H15BrN2O3/c1-2-10-24-16-9-8-15(19)11-14(16)12-20-21-18(23)17(22)13-6-4-3-5-7-13/h1,3-9,11-12,17,22H,10H2,(H,21,23)/b20-12-/t17-/m1/s1. The van der Waals surface area contributed by atoms with Crippen LogP contribution >= 0.6 is 15.9 Å². The largest absolute Gasteiger partial charge is 0.480 e. The van der Waals surface area contributed by atoms with Crippen LogP contribution in [0.15, 0.2) is 58.1 Å². The van der Waals surface area contributed by atoms with E-state index >= 15 is 0 Å². The molecule has 0 spiro atoms. The van der Waals surface area contributed by atoms with Gasteiger partial charge in [-0.1, -0.05) is 52.2 Å². The van der Waals surface area contributed by atoms with Crippen molar-refractivity contribution in [2.45, 2.75) is 6.10 Å². The molecular weight excluding hydrogens is 372 g/mol. The second kappa shape index (κ2) is 8.87. The van der Waals surface area contributed by atoms with Gasteiger partial charge in [0.15, 0.2) is 6.10 Å². The third kappa shape index (κ3) is 4.95. The molecule has 0 saturated carbocycles. The lowest BCUT2D eigenvalue weighted by molar-refractivity contribution is -0.129. The summed E-state index contributed by atoms with van der Waals surface area (Å²) in [6, 6.07) is 13.9. The van der Waals surface area contributed by atoms with Crippen molar-refractivity contribution in [1.82, 2.24) is 5.43 Å². The summed E-state index contributed by atoms with van der Waals surface area (Å²) in [6.45, 7) is 0.127. The first-order valence-electron chi connectivity index (χ1n) is 7.03. The molecule has 1 amide bonds. The number of aliphatic hydroxyl groups excluding tert-OH is 1. The highest BCUT2D eigenvalue weighted by Crippen LogP contribution is 2.21. The predicted octanol–water partition coefficient (Wildman–Crippen LogP) is 2.64. The lowest BCUT2D eigenvalue weighted by Gasteiger charge is -2.09. The Morgan fingerprint density at radius 2 is 2.12 bits per heavy atom. The van der Waals surface area contributed by atoms with Gasteiger partial charge in [-0.2, -0.15) is 5.10 Å². The second-order valence-electron chi connectivity index (χ2n) is 4.72. The molecule has 24 heavy (non-hydrogen) atoms. The van der Waals surface area contributed by atoms with E-state index in [4.69, 9.17) is 11.2 Å². The van der Waals surface area contributed by atoms with Gasteiger partial charge in [-0.05, 0) is 23.8 Å². The smallest absolute Gasteiger partial charge is 0.273 e. The van der Waals surface area contributed by atoms with Crippen molar-refractivity contribution in [1.29, 1.82) is 0 Å². The quantitative estimate of drug-likeness (QED) is 0.455. The SMILES string of the molecule is C#CCOc1ccc(Br)cc1/C=N\NC(=O)[C@H](O)c1ccccc1. The zero-order valence-corrected chi connectivity index (χ0v) is 14.2. The van der Waals surface area contributed by atoms with Crippen LogP contribution < -0.4 is 10.2 Å². The Kier molecular flexibility index (Phi) is 6.55. The lowest BCUT2D eigenvalue weighted by atomic mass is 10.1. The number of hydrogen-bond acceptors (Lipinski definition) is 4. The highest BCUT2D eigenvalue weighted by Gasteiger charge is 2.16. The number of terminal acetylenes is 1. The van der Waals surface area contributed by atoms with Gasteiger partial charge in [0, 0.05) is 10.0 Å². The molecule has 6 heteroatoms. The number of hydrazone groups is 1. The zero-order valence-electron chi connectivity index (χ0n) is 12.6. The van der Waals surface area contributed by atoms with E-state index < -0.39 is 12.0 Å². The summed E-state index contributed by atoms with van der Waals surface area (Å²) in [5, 5.41) is 13.8. The summed E-state index contributed by atoms with van der Waals surface area (Å²) in [6.07, 6.45) is 5.32. The molecule has 0 aliphatic heterocycles. The number of nitrogens with zero attached hydrogens (tertiary/aromatic N) is 1. The van der Waals surface area contributed by atoms with E-state index in [9.17, 15) is 9.90 Å². The molecule has 0 heterocycles. The van der Waals surface area contributed by atoms with Crippen molar-refractivity contribution in [3.8, 4) is 18.1 Å². The van der Waals surface area contributed by atoms with E-state index in [1.807, 2.05) is 0 Å². The summed E-state index contributed by atoms with van der Waals surface area (Å²) in [7, 11) is 0.